The lowest BCUT2D eigenvalue weighted by molar-refractivity contribution is -0.0581. The SMILES string of the molecule is COc1c(C)cnc(CC2(O)CC(C)CC(C)(C)C2)c1C. The Labute approximate surface area is 128 Å². The van der Waals surface area contributed by atoms with Crippen molar-refractivity contribution in [3.05, 3.63) is 23.0 Å². The highest BCUT2D eigenvalue weighted by Gasteiger charge is 2.42. The van der Waals surface area contributed by atoms with Crippen LogP contribution in [0.4, 0.5) is 0 Å². The van der Waals surface area contributed by atoms with Crippen LogP contribution in [-0.4, -0.2) is 22.8 Å². The van der Waals surface area contributed by atoms with Crippen molar-refractivity contribution < 1.29 is 9.84 Å². The first-order valence-electron chi connectivity index (χ1n) is 7.87. The number of rotatable bonds is 3. The van der Waals surface area contributed by atoms with Crippen molar-refractivity contribution in [2.24, 2.45) is 11.3 Å². The second kappa shape index (κ2) is 5.60. The van der Waals surface area contributed by atoms with Crippen LogP contribution in [0.1, 0.15) is 56.9 Å². The Morgan fingerprint density at radius 3 is 2.57 bits per heavy atom. The fourth-order valence-electron chi connectivity index (χ4n) is 4.39. The Morgan fingerprint density at radius 1 is 1.33 bits per heavy atom. The summed E-state index contributed by atoms with van der Waals surface area (Å²) in [6, 6.07) is 0. The van der Waals surface area contributed by atoms with E-state index in [4.69, 9.17) is 4.74 Å². The molecule has 118 valence electrons. The number of pyridine rings is 1. The lowest BCUT2D eigenvalue weighted by Crippen LogP contribution is -2.44. The van der Waals surface area contributed by atoms with Crippen LogP contribution in [0.25, 0.3) is 0 Å². The number of aliphatic hydroxyl groups is 1. The summed E-state index contributed by atoms with van der Waals surface area (Å²) >= 11 is 0. The standard InChI is InChI=1S/C18H29NO2/c1-12-7-17(4,5)11-18(20,8-12)9-15-14(3)16(21-6)13(2)10-19-15/h10,12,20H,7-9,11H2,1-6H3. The number of ether oxygens (including phenoxy) is 1. The zero-order chi connectivity index (χ0) is 15.8. The van der Waals surface area contributed by atoms with Crippen LogP contribution in [0, 0.1) is 25.2 Å². The van der Waals surface area contributed by atoms with Crippen LogP contribution in [0.3, 0.4) is 0 Å². The van der Waals surface area contributed by atoms with Gasteiger partial charge < -0.3 is 9.84 Å². The highest BCUT2D eigenvalue weighted by Crippen LogP contribution is 2.45. The lowest BCUT2D eigenvalue weighted by atomic mass is 9.64. The molecule has 1 aromatic heterocycles. The maximum Gasteiger partial charge on any atom is 0.128 e. The Hall–Kier alpha value is -1.09. The van der Waals surface area contributed by atoms with Gasteiger partial charge in [-0.05, 0) is 44.4 Å². The first kappa shape index (κ1) is 16.3. The predicted octanol–water partition coefficient (Wildman–Crippen LogP) is 3.83. The number of hydrogen-bond donors (Lipinski definition) is 1. The van der Waals surface area contributed by atoms with Crippen LogP contribution < -0.4 is 4.74 Å². The largest absolute Gasteiger partial charge is 0.496 e. The van der Waals surface area contributed by atoms with Crippen molar-refractivity contribution in [2.75, 3.05) is 7.11 Å². The Morgan fingerprint density at radius 2 is 2.00 bits per heavy atom. The molecule has 1 aromatic rings. The maximum atomic E-state index is 11.1. The van der Waals surface area contributed by atoms with Crippen molar-refractivity contribution in [2.45, 2.75) is 65.9 Å². The Kier molecular flexibility index (Phi) is 4.34. The number of methoxy groups -OCH3 is 1. The van der Waals surface area contributed by atoms with Gasteiger partial charge in [-0.25, -0.2) is 0 Å². The Balaban J connectivity index is 2.29. The number of aromatic nitrogens is 1. The van der Waals surface area contributed by atoms with E-state index >= 15 is 0 Å². The molecule has 21 heavy (non-hydrogen) atoms. The summed E-state index contributed by atoms with van der Waals surface area (Å²) in [6.07, 6.45) is 5.33. The molecule has 0 saturated heterocycles. The van der Waals surface area contributed by atoms with E-state index in [1.54, 1.807) is 7.11 Å². The van der Waals surface area contributed by atoms with E-state index in [2.05, 4.69) is 25.8 Å². The molecule has 1 heterocycles. The highest BCUT2D eigenvalue weighted by atomic mass is 16.5. The predicted molar refractivity (Wildman–Crippen MR) is 85.7 cm³/mol. The summed E-state index contributed by atoms with van der Waals surface area (Å²) in [5.41, 5.74) is 2.60. The van der Waals surface area contributed by atoms with Gasteiger partial charge in [0.15, 0.2) is 0 Å². The Bertz CT molecular complexity index is 524. The van der Waals surface area contributed by atoms with Gasteiger partial charge in [0.1, 0.15) is 5.75 Å². The van der Waals surface area contributed by atoms with Crippen LogP contribution >= 0.6 is 0 Å². The number of aryl methyl sites for hydroxylation is 1. The summed E-state index contributed by atoms with van der Waals surface area (Å²) in [6.45, 7) is 10.8. The zero-order valence-electron chi connectivity index (χ0n) is 14.3. The molecule has 1 aliphatic rings. The van der Waals surface area contributed by atoms with Crippen LogP contribution in [0.5, 0.6) is 5.75 Å². The first-order chi connectivity index (χ1) is 9.66. The smallest absolute Gasteiger partial charge is 0.128 e. The van der Waals surface area contributed by atoms with Gasteiger partial charge >= 0.3 is 0 Å². The minimum Gasteiger partial charge on any atom is -0.496 e. The molecule has 0 spiro atoms. The molecule has 0 radical (unpaired) electrons. The van der Waals surface area contributed by atoms with Gasteiger partial charge in [0.05, 0.1) is 12.7 Å². The van der Waals surface area contributed by atoms with E-state index in [0.29, 0.717) is 12.3 Å². The van der Waals surface area contributed by atoms with E-state index in [1.165, 1.54) is 6.42 Å². The maximum absolute atomic E-state index is 11.1. The second-order valence-electron chi connectivity index (χ2n) is 7.80. The third-order valence-corrected chi connectivity index (χ3v) is 4.68. The zero-order valence-corrected chi connectivity index (χ0v) is 14.3. The summed E-state index contributed by atoms with van der Waals surface area (Å²) in [5.74, 6) is 1.44. The molecule has 1 saturated carbocycles. The highest BCUT2D eigenvalue weighted by molar-refractivity contribution is 5.41. The molecule has 2 rings (SSSR count). The molecule has 2 unspecified atom stereocenters. The number of nitrogens with zero attached hydrogens (tertiary/aromatic N) is 1. The molecule has 1 N–H and O–H groups in total. The van der Waals surface area contributed by atoms with Gasteiger partial charge in [-0.3, -0.25) is 4.98 Å². The van der Waals surface area contributed by atoms with Crippen molar-refractivity contribution in [1.82, 2.24) is 4.98 Å². The van der Waals surface area contributed by atoms with Crippen molar-refractivity contribution in [3.63, 3.8) is 0 Å². The molecule has 0 aliphatic heterocycles. The van der Waals surface area contributed by atoms with E-state index in [9.17, 15) is 5.11 Å². The molecule has 2 atom stereocenters. The molecule has 1 aliphatic carbocycles. The van der Waals surface area contributed by atoms with Crippen LogP contribution in [-0.2, 0) is 6.42 Å². The van der Waals surface area contributed by atoms with Gasteiger partial charge in [0, 0.05) is 29.4 Å². The summed E-state index contributed by atoms with van der Waals surface area (Å²) in [5, 5.41) is 11.1. The van der Waals surface area contributed by atoms with Crippen molar-refractivity contribution in [1.29, 1.82) is 0 Å². The fraction of sp³-hybridized carbons (Fsp3) is 0.722. The third kappa shape index (κ3) is 3.57. The van der Waals surface area contributed by atoms with Gasteiger partial charge in [0.2, 0.25) is 0 Å². The summed E-state index contributed by atoms with van der Waals surface area (Å²) in [7, 11) is 1.69. The second-order valence-corrected chi connectivity index (χ2v) is 7.80. The molecular weight excluding hydrogens is 262 g/mol. The normalized spacial score (nSPS) is 28.4. The van der Waals surface area contributed by atoms with Crippen LogP contribution in [0.15, 0.2) is 6.20 Å². The van der Waals surface area contributed by atoms with Gasteiger partial charge in [-0.1, -0.05) is 20.8 Å². The molecule has 0 bridgehead atoms. The summed E-state index contributed by atoms with van der Waals surface area (Å²) < 4.78 is 5.48. The molecule has 0 amide bonds. The van der Waals surface area contributed by atoms with Crippen molar-refractivity contribution >= 4 is 0 Å². The minimum absolute atomic E-state index is 0.190. The average molecular weight is 291 g/mol. The number of hydrogen-bond acceptors (Lipinski definition) is 3. The van der Waals surface area contributed by atoms with E-state index in [1.807, 2.05) is 20.0 Å². The quantitative estimate of drug-likeness (QED) is 0.920. The minimum atomic E-state index is -0.654. The van der Waals surface area contributed by atoms with Crippen molar-refractivity contribution in [3.8, 4) is 5.75 Å². The van der Waals surface area contributed by atoms with E-state index in [-0.39, 0.29) is 5.41 Å². The summed E-state index contributed by atoms with van der Waals surface area (Å²) in [4.78, 5) is 4.56. The molecule has 3 nitrogen and oxygen atoms in total. The lowest BCUT2D eigenvalue weighted by Gasteiger charge is -2.44. The monoisotopic (exact) mass is 291 g/mol. The molecule has 0 aromatic carbocycles. The van der Waals surface area contributed by atoms with E-state index in [0.717, 1.165) is 35.4 Å². The fourth-order valence-corrected chi connectivity index (χ4v) is 4.39. The average Bonchev–Trinajstić information content (AvgIpc) is 2.30. The first-order valence-corrected chi connectivity index (χ1v) is 7.87. The molecule has 1 fully saturated rings. The molecule has 3 heteroatoms. The van der Waals surface area contributed by atoms with Crippen LogP contribution in [0.2, 0.25) is 0 Å². The van der Waals surface area contributed by atoms with Gasteiger partial charge in [-0.15, -0.1) is 0 Å². The van der Waals surface area contributed by atoms with Gasteiger partial charge in [-0.2, -0.15) is 0 Å². The molecular formula is C18H29NO2. The third-order valence-electron chi connectivity index (χ3n) is 4.68. The topological polar surface area (TPSA) is 42.4 Å². The van der Waals surface area contributed by atoms with Gasteiger partial charge in [0.25, 0.3) is 0 Å². The van der Waals surface area contributed by atoms with E-state index < -0.39 is 5.60 Å².